The molecule has 3 N–H and O–H groups in total. The van der Waals surface area contributed by atoms with Gasteiger partial charge in [0.15, 0.2) is 6.19 Å². The molecule has 0 spiro atoms. The van der Waals surface area contributed by atoms with Crippen LogP contribution in [0.3, 0.4) is 0 Å². The quantitative estimate of drug-likeness (QED) is 0.314. The minimum atomic E-state index is 0.0737. The molecule has 1 rings (SSSR count). The zero-order valence-electron chi connectivity index (χ0n) is 7.27. The second-order valence-electron chi connectivity index (χ2n) is 2.17. The van der Waals surface area contributed by atoms with E-state index in [0.717, 1.165) is 0 Å². The molecule has 0 aliphatic rings. The van der Waals surface area contributed by atoms with Gasteiger partial charge in [0.05, 0.1) is 0 Å². The molecule has 0 radical (unpaired) electrons. The van der Waals surface area contributed by atoms with Crippen LogP contribution in [0.15, 0.2) is 5.03 Å². The van der Waals surface area contributed by atoms with Gasteiger partial charge in [-0.3, -0.25) is 5.32 Å². The van der Waals surface area contributed by atoms with Gasteiger partial charge < -0.3 is 5.73 Å². The van der Waals surface area contributed by atoms with Crippen LogP contribution < -0.4 is 11.1 Å². The van der Waals surface area contributed by atoms with Crippen molar-refractivity contribution in [1.82, 2.24) is 9.97 Å². The van der Waals surface area contributed by atoms with Gasteiger partial charge in [-0.1, -0.05) is 0 Å². The molecule has 7 heteroatoms. The molecule has 1 aromatic heterocycles. The molecule has 0 amide bonds. The molecule has 14 heavy (non-hydrogen) atoms. The van der Waals surface area contributed by atoms with Gasteiger partial charge in [-0.25, -0.2) is 4.98 Å². The summed E-state index contributed by atoms with van der Waals surface area (Å²) in [5.41, 5.74) is 5.74. The van der Waals surface area contributed by atoms with Crippen LogP contribution in [0, 0.1) is 22.8 Å². The topological polar surface area (TPSA) is 111 Å². The number of hydrogen-bond donors (Lipinski definition) is 2. The second kappa shape index (κ2) is 4.30. The number of nitrogens with zero attached hydrogens (tertiary/aromatic N) is 4. The largest absolute Gasteiger partial charge is 0.382 e. The normalized spacial score (nSPS) is 8.79. The minimum absolute atomic E-state index is 0.0737. The van der Waals surface area contributed by atoms with Crippen LogP contribution in [-0.2, 0) is 0 Å². The molecule has 0 saturated heterocycles. The second-order valence-corrected chi connectivity index (χ2v) is 2.96. The predicted octanol–water partition coefficient (Wildman–Crippen LogP) is 0.545. The smallest absolute Gasteiger partial charge is 0.239 e. The number of aromatic nitrogens is 2. The third kappa shape index (κ3) is 1.84. The van der Waals surface area contributed by atoms with Crippen molar-refractivity contribution in [3.8, 4) is 12.3 Å². The Morgan fingerprint density at radius 1 is 1.43 bits per heavy atom. The van der Waals surface area contributed by atoms with E-state index in [9.17, 15) is 0 Å². The Balaban J connectivity index is 3.27. The molecule has 6 nitrogen and oxygen atoms in total. The first-order valence-corrected chi connectivity index (χ1v) is 4.72. The van der Waals surface area contributed by atoms with Crippen LogP contribution in [0.2, 0.25) is 0 Å². The first-order chi connectivity index (χ1) is 6.72. The SMILES string of the molecule is CSc1nc(NC#N)nc(N)c1C#N. The van der Waals surface area contributed by atoms with Crippen molar-refractivity contribution in [1.29, 1.82) is 10.5 Å². The average Bonchev–Trinajstić information content (AvgIpc) is 2.17. The number of nitrogens with two attached hydrogens (primary N) is 1. The Morgan fingerprint density at radius 3 is 2.64 bits per heavy atom. The number of hydrogen-bond acceptors (Lipinski definition) is 7. The van der Waals surface area contributed by atoms with Gasteiger partial charge >= 0.3 is 0 Å². The molecule has 70 valence electrons. The lowest BCUT2D eigenvalue weighted by Gasteiger charge is -2.03. The summed E-state index contributed by atoms with van der Waals surface area (Å²) in [5.74, 6) is 0.179. The van der Waals surface area contributed by atoms with E-state index in [0.29, 0.717) is 5.03 Å². The number of thioether (sulfide) groups is 1. The molecule has 1 aromatic rings. The van der Waals surface area contributed by atoms with Crippen LogP contribution in [0.5, 0.6) is 0 Å². The summed E-state index contributed by atoms with van der Waals surface area (Å²) in [6.45, 7) is 0. The molecule has 0 bridgehead atoms. The van der Waals surface area contributed by atoms with Gasteiger partial charge in [0.25, 0.3) is 0 Å². The molecule has 0 fully saturated rings. The molecular weight excluding hydrogens is 200 g/mol. The highest BCUT2D eigenvalue weighted by molar-refractivity contribution is 7.98. The number of nitriles is 2. The maximum Gasteiger partial charge on any atom is 0.239 e. The van der Waals surface area contributed by atoms with Gasteiger partial charge in [0, 0.05) is 0 Å². The van der Waals surface area contributed by atoms with E-state index in [-0.39, 0.29) is 17.3 Å². The van der Waals surface area contributed by atoms with E-state index < -0.39 is 0 Å². The molecule has 0 aliphatic heterocycles. The maximum atomic E-state index is 8.74. The van der Waals surface area contributed by atoms with Crippen LogP contribution in [0.1, 0.15) is 5.56 Å². The summed E-state index contributed by atoms with van der Waals surface area (Å²) in [7, 11) is 0. The number of nitrogen functional groups attached to an aromatic ring is 1. The Bertz CT molecular complexity index is 429. The molecule has 1 heterocycles. The Kier molecular flexibility index (Phi) is 3.10. The van der Waals surface area contributed by atoms with Crippen molar-refractivity contribution < 1.29 is 0 Å². The van der Waals surface area contributed by atoms with Crippen LogP contribution >= 0.6 is 11.8 Å². The first-order valence-electron chi connectivity index (χ1n) is 3.49. The summed E-state index contributed by atoms with van der Waals surface area (Å²) < 4.78 is 0. The first kappa shape index (κ1) is 10.1. The zero-order chi connectivity index (χ0) is 10.6. The van der Waals surface area contributed by atoms with E-state index in [1.165, 1.54) is 11.8 Å². The van der Waals surface area contributed by atoms with Crippen molar-refractivity contribution in [3.63, 3.8) is 0 Å². The monoisotopic (exact) mass is 206 g/mol. The molecule has 0 aliphatic carbocycles. The standard InChI is InChI=1S/C7H6N6S/c1-14-6-4(2-8)5(10)12-7(13-6)11-3-9/h1H3,(H3,10,11,12,13). The zero-order valence-corrected chi connectivity index (χ0v) is 8.09. The van der Waals surface area contributed by atoms with Crippen LogP contribution in [-0.4, -0.2) is 16.2 Å². The molecule has 0 aromatic carbocycles. The van der Waals surface area contributed by atoms with Gasteiger partial charge in [-0.05, 0) is 6.26 Å². The van der Waals surface area contributed by atoms with Gasteiger partial charge in [-0.2, -0.15) is 15.5 Å². The lowest BCUT2D eigenvalue weighted by molar-refractivity contribution is 1.05. The predicted molar refractivity (Wildman–Crippen MR) is 52.2 cm³/mol. The summed E-state index contributed by atoms with van der Waals surface area (Å²) in [6.07, 6.45) is 3.44. The van der Waals surface area contributed by atoms with E-state index in [4.69, 9.17) is 16.3 Å². The lowest BCUT2D eigenvalue weighted by Crippen LogP contribution is -2.04. The fourth-order valence-electron chi connectivity index (χ4n) is 0.815. The number of anilines is 2. The molecule has 0 unspecified atom stereocenters. The highest BCUT2D eigenvalue weighted by Crippen LogP contribution is 2.22. The van der Waals surface area contributed by atoms with Crippen molar-refractivity contribution in [2.75, 3.05) is 17.3 Å². The fraction of sp³-hybridized carbons (Fsp3) is 0.143. The number of nitrogens with one attached hydrogen (secondary N) is 1. The summed E-state index contributed by atoms with van der Waals surface area (Å²) in [6, 6.07) is 1.90. The fourth-order valence-corrected chi connectivity index (χ4v) is 1.35. The van der Waals surface area contributed by atoms with E-state index in [1.807, 2.05) is 6.07 Å². The van der Waals surface area contributed by atoms with Crippen molar-refractivity contribution in [3.05, 3.63) is 5.56 Å². The van der Waals surface area contributed by atoms with E-state index >= 15 is 0 Å². The van der Waals surface area contributed by atoms with E-state index in [1.54, 1.807) is 12.4 Å². The summed E-state index contributed by atoms with van der Waals surface area (Å²) in [4.78, 5) is 7.67. The molecular formula is C7H6N6S. The highest BCUT2D eigenvalue weighted by atomic mass is 32.2. The summed E-state index contributed by atoms with van der Waals surface area (Å²) in [5, 5.41) is 19.8. The highest BCUT2D eigenvalue weighted by Gasteiger charge is 2.10. The van der Waals surface area contributed by atoms with E-state index in [2.05, 4.69) is 15.3 Å². The average molecular weight is 206 g/mol. The minimum Gasteiger partial charge on any atom is -0.382 e. The van der Waals surface area contributed by atoms with Gasteiger partial charge in [0.1, 0.15) is 22.5 Å². The van der Waals surface area contributed by atoms with Crippen molar-refractivity contribution in [2.45, 2.75) is 5.03 Å². The van der Waals surface area contributed by atoms with Crippen LogP contribution in [0.25, 0.3) is 0 Å². The third-order valence-electron chi connectivity index (χ3n) is 1.38. The molecule has 0 atom stereocenters. The van der Waals surface area contributed by atoms with Gasteiger partial charge in [-0.15, -0.1) is 11.8 Å². The Hall–Kier alpha value is -1.99. The maximum absolute atomic E-state index is 8.74. The van der Waals surface area contributed by atoms with Gasteiger partial charge in [0.2, 0.25) is 5.95 Å². The lowest BCUT2D eigenvalue weighted by atomic mass is 10.3. The summed E-state index contributed by atoms with van der Waals surface area (Å²) >= 11 is 1.27. The van der Waals surface area contributed by atoms with Crippen molar-refractivity contribution in [2.24, 2.45) is 0 Å². The van der Waals surface area contributed by atoms with Crippen LogP contribution in [0.4, 0.5) is 11.8 Å². The van der Waals surface area contributed by atoms with Crippen molar-refractivity contribution >= 4 is 23.5 Å². The number of rotatable bonds is 2. The Labute approximate surface area is 84.8 Å². The Morgan fingerprint density at radius 2 is 2.14 bits per heavy atom. The molecule has 0 saturated carbocycles. The third-order valence-corrected chi connectivity index (χ3v) is 2.06.